The van der Waals surface area contributed by atoms with E-state index in [9.17, 15) is 15.0 Å². The summed E-state index contributed by atoms with van der Waals surface area (Å²) in [5.74, 6) is -0.204. The molecule has 0 unspecified atom stereocenters. The lowest BCUT2D eigenvalue weighted by Gasteiger charge is -2.15. The average molecular weight is 285 g/mol. The van der Waals surface area contributed by atoms with Gasteiger partial charge < -0.3 is 20.8 Å². The standard InChI is InChI=1S/C13H17ClN2O3/c14-9-3-1-8(2-4-9)12(18)7-16-13(19)11-5-10(17)6-15-11/h1-4,10-12,15,17-18H,5-7H2,(H,16,19)/t10-,11-,12+/m1/s1. The molecule has 0 aliphatic carbocycles. The van der Waals surface area contributed by atoms with E-state index in [2.05, 4.69) is 10.6 Å². The van der Waals surface area contributed by atoms with Gasteiger partial charge in [0.05, 0.1) is 18.2 Å². The van der Waals surface area contributed by atoms with Crippen molar-refractivity contribution >= 4 is 17.5 Å². The van der Waals surface area contributed by atoms with Crippen molar-refractivity contribution in [1.82, 2.24) is 10.6 Å². The quantitative estimate of drug-likeness (QED) is 0.637. The minimum absolute atomic E-state index is 0.134. The molecule has 0 bridgehead atoms. The van der Waals surface area contributed by atoms with Gasteiger partial charge in [-0.2, -0.15) is 0 Å². The first-order valence-corrected chi connectivity index (χ1v) is 6.56. The summed E-state index contributed by atoms with van der Waals surface area (Å²) in [7, 11) is 0. The van der Waals surface area contributed by atoms with Crippen molar-refractivity contribution in [2.45, 2.75) is 24.7 Å². The Balaban J connectivity index is 1.81. The van der Waals surface area contributed by atoms with Crippen molar-refractivity contribution in [3.05, 3.63) is 34.9 Å². The van der Waals surface area contributed by atoms with E-state index in [0.717, 1.165) is 0 Å². The monoisotopic (exact) mass is 284 g/mol. The molecule has 2 rings (SSSR count). The lowest BCUT2D eigenvalue weighted by molar-refractivity contribution is -0.123. The van der Waals surface area contributed by atoms with Gasteiger partial charge in [-0.05, 0) is 24.1 Å². The molecule has 19 heavy (non-hydrogen) atoms. The van der Waals surface area contributed by atoms with Gasteiger partial charge in [0, 0.05) is 18.1 Å². The Morgan fingerprint density at radius 3 is 2.74 bits per heavy atom. The van der Waals surface area contributed by atoms with Crippen LogP contribution in [0.3, 0.4) is 0 Å². The second kappa shape index (κ2) is 6.34. The predicted octanol–water partition coefficient (Wildman–Crippen LogP) is 0.212. The van der Waals surface area contributed by atoms with Gasteiger partial charge in [0.15, 0.2) is 0 Å². The number of nitrogens with one attached hydrogen (secondary N) is 2. The number of benzene rings is 1. The fourth-order valence-electron chi connectivity index (χ4n) is 2.04. The van der Waals surface area contributed by atoms with Gasteiger partial charge in [-0.15, -0.1) is 0 Å². The molecular formula is C13H17ClN2O3. The number of carbonyl (C=O) groups is 1. The fourth-order valence-corrected chi connectivity index (χ4v) is 2.17. The van der Waals surface area contributed by atoms with Gasteiger partial charge in [0.2, 0.25) is 5.91 Å². The maximum atomic E-state index is 11.8. The molecule has 1 heterocycles. The summed E-state index contributed by atoms with van der Waals surface area (Å²) in [6.45, 7) is 0.562. The van der Waals surface area contributed by atoms with E-state index in [0.29, 0.717) is 23.6 Å². The topological polar surface area (TPSA) is 81.6 Å². The van der Waals surface area contributed by atoms with Crippen molar-refractivity contribution in [3.63, 3.8) is 0 Å². The van der Waals surface area contributed by atoms with Gasteiger partial charge in [-0.25, -0.2) is 0 Å². The molecule has 104 valence electrons. The van der Waals surface area contributed by atoms with Crippen LogP contribution < -0.4 is 10.6 Å². The number of hydrogen-bond acceptors (Lipinski definition) is 4. The van der Waals surface area contributed by atoms with Crippen LogP contribution >= 0.6 is 11.6 Å². The molecular weight excluding hydrogens is 268 g/mol. The molecule has 3 atom stereocenters. The van der Waals surface area contributed by atoms with E-state index < -0.39 is 12.2 Å². The molecule has 6 heteroatoms. The zero-order valence-electron chi connectivity index (χ0n) is 10.3. The molecule has 1 aliphatic heterocycles. The average Bonchev–Trinajstić information content (AvgIpc) is 2.83. The highest BCUT2D eigenvalue weighted by atomic mass is 35.5. The van der Waals surface area contributed by atoms with Crippen LogP contribution in [0.5, 0.6) is 0 Å². The van der Waals surface area contributed by atoms with Crippen molar-refractivity contribution in [2.75, 3.05) is 13.1 Å². The molecule has 0 spiro atoms. The van der Waals surface area contributed by atoms with Gasteiger partial charge in [0.1, 0.15) is 0 Å². The van der Waals surface area contributed by atoms with Crippen molar-refractivity contribution in [1.29, 1.82) is 0 Å². The SMILES string of the molecule is O=C(NC[C@H](O)c1ccc(Cl)cc1)[C@H]1C[C@@H](O)CN1. The van der Waals surface area contributed by atoms with Crippen LogP contribution in [0.15, 0.2) is 24.3 Å². The van der Waals surface area contributed by atoms with E-state index in [-0.39, 0.29) is 18.5 Å². The molecule has 1 fully saturated rings. The lowest BCUT2D eigenvalue weighted by atomic mass is 10.1. The Labute approximate surface area is 116 Å². The molecule has 1 aliphatic rings. The number of aliphatic hydroxyl groups is 2. The minimum Gasteiger partial charge on any atom is -0.392 e. The Bertz CT molecular complexity index is 438. The van der Waals surface area contributed by atoms with Crippen molar-refractivity contribution in [3.8, 4) is 0 Å². The first-order chi connectivity index (χ1) is 9.06. The van der Waals surface area contributed by atoms with Gasteiger partial charge in [0.25, 0.3) is 0 Å². The van der Waals surface area contributed by atoms with Gasteiger partial charge in [-0.3, -0.25) is 4.79 Å². The Morgan fingerprint density at radius 2 is 2.16 bits per heavy atom. The highest BCUT2D eigenvalue weighted by Crippen LogP contribution is 2.16. The summed E-state index contributed by atoms with van der Waals surface area (Å²) in [5, 5.41) is 25.4. The third-order valence-electron chi connectivity index (χ3n) is 3.15. The lowest BCUT2D eigenvalue weighted by Crippen LogP contribution is -2.41. The van der Waals surface area contributed by atoms with Crippen LogP contribution in [0.2, 0.25) is 5.02 Å². The van der Waals surface area contributed by atoms with E-state index in [1.807, 2.05) is 0 Å². The number of β-amino-alcohol motifs (C(OH)–C–C–N with tert-alkyl or cyclic N) is 1. The highest BCUT2D eigenvalue weighted by Gasteiger charge is 2.28. The molecule has 4 N–H and O–H groups in total. The first kappa shape index (κ1) is 14.3. The third-order valence-corrected chi connectivity index (χ3v) is 3.40. The summed E-state index contributed by atoms with van der Waals surface area (Å²) >= 11 is 5.76. The summed E-state index contributed by atoms with van der Waals surface area (Å²) in [6.07, 6.45) is -0.840. The highest BCUT2D eigenvalue weighted by molar-refractivity contribution is 6.30. The smallest absolute Gasteiger partial charge is 0.237 e. The number of hydrogen-bond donors (Lipinski definition) is 4. The van der Waals surface area contributed by atoms with Crippen LogP contribution in [0.4, 0.5) is 0 Å². The van der Waals surface area contributed by atoms with Crippen LogP contribution in [0.1, 0.15) is 18.1 Å². The van der Waals surface area contributed by atoms with E-state index in [1.54, 1.807) is 24.3 Å². The van der Waals surface area contributed by atoms with E-state index in [1.165, 1.54) is 0 Å². The summed E-state index contributed by atoms with van der Waals surface area (Å²) in [5.41, 5.74) is 0.698. The second-order valence-corrected chi connectivity index (χ2v) is 5.10. The normalized spacial score (nSPS) is 24.2. The first-order valence-electron chi connectivity index (χ1n) is 6.19. The number of carbonyl (C=O) groups excluding carboxylic acids is 1. The molecule has 5 nitrogen and oxygen atoms in total. The van der Waals surface area contributed by atoms with Crippen molar-refractivity contribution < 1.29 is 15.0 Å². The molecule has 1 amide bonds. The van der Waals surface area contributed by atoms with Crippen molar-refractivity contribution in [2.24, 2.45) is 0 Å². The maximum Gasteiger partial charge on any atom is 0.237 e. The zero-order valence-corrected chi connectivity index (χ0v) is 11.1. The molecule has 1 aromatic rings. The zero-order chi connectivity index (χ0) is 13.8. The molecule has 0 radical (unpaired) electrons. The summed E-state index contributed by atoms with van der Waals surface area (Å²) in [6, 6.07) is 6.44. The van der Waals surface area contributed by atoms with Crippen LogP contribution in [0, 0.1) is 0 Å². The van der Waals surface area contributed by atoms with E-state index >= 15 is 0 Å². The third kappa shape index (κ3) is 3.91. The number of rotatable bonds is 4. The van der Waals surface area contributed by atoms with Gasteiger partial charge in [-0.1, -0.05) is 23.7 Å². The Kier molecular flexibility index (Phi) is 4.76. The van der Waals surface area contributed by atoms with Crippen LogP contribution in [0.25, 0.3) is 0 Å². The molecule has 1 saturated heterocycles. The number of halogens is 1. The van der Waals surface area contributed by atoms with Gasteiger partial charge >= 0.3 is 0 Å². The minimum atomic E-state index is -0.771. The number of aliphatic hydroxyl groups excluding tert-OH is 2. The predicted molar refractivity (Wildman–Crippen MR) is 71.8 cm³/mol. The second-order valence-electron chi connectivity index (χ2n) is 4.66. The largest absolute Gasteiger partial charge is 0.392 e. The molecule has 1 aromatic carbocycles. The Morgan fingerprint density at radius 1 is 1.47 bits per heavy atom. The fraction of sp³-hybridized carbons (Fsp3) is 0.462. The Hall–Kier alpha value is -1.14. The van der Waals surface area contributed by atoms with E-state index in [4.69, 9.17) is 11.6 Å². The number of amides is 1. The van der Waals surface area contributed by atoms with Crippen LogP contribution in [-0.2, 0) is 4.79 Å². The maximum absolute atomic E-state index is 11.8. The molecule has 0 aromatic heterocycles. The molecule has 0 saturated carbocycles. The summed E-state index contributed by atoms with van der Waals surface area (Å²) in [4.78, 5) is 11.8. The van der Waals surface area contributed by atoms with Crippen LogP contribution in [-0.4, -0.2) is 41.4 Å². The summed E-state index contributed by atoms with van der Waals surface area (Å²) < 4.78 is 0.